The molecule has 4 rings (SSSR count). The van der Waals surface area contributed by atoms with Gasteiger partial charge < -0.3 is 24.6 Å². The molecule has 1 amide bonds. The monoisotopic (exact) mass is 410 g/mol. The maximum absolute atomic E-state index is 12.4. The largest absolute Gasteiger partial charge is 0.486 e. The van der Waals surface area contributed by atoms with Crippen molar-refractivity contribution in [2.75, 3.05) is 50.8 Å². The summed E-state index contributed by atoms with van der Waals surface area (Å²) in [5.74, 6) is 1.59. The molecule has 1 atom stereocenters. The van der Waals surface area contributed by atoms with Gasteiger partial charge in [0, 0.05) is 11.3 Å². The molecule has 7 nitrogen and oxygen atoms in total. The number of carbonyl (C=O) groups is 2. The highest BCUT2D eigenvalue weighted by Gasteiger charge is 2.24. The van der Waals surface area contributed by atoms with E-state index in [-0.39, 0.29) is 17.8 Å². The fraction of sp³-hybridized carbons (Fsp3) is 0.391. The van der Waals surface area contributed by atoms with Crippen molar-refractivity contribution in [2.24, 2.45) is 0 Å². The SMILES string of the molecule is CC(=O)c1ccc(N2CC[NH+](CC(=O)NC[C@H]3COc4ccccc4O3)CC2)cc1. The normalized spacial score (nSPS) is 18.7. The number of ether oxygens (including phenoxy) is 2. The Bertz CT molecular complexity index is 892. The van der Waals surface area contributed by atoms with Crippen LogP contribution in [0.5, 0.6) is 11.5 Å². The second kappa shape index (κ2) is 9.17. The first-order chi connectivity index (χ1) is 14.6. The minimum atomic E-state index is -0.173. The molecule has 0 unspecified atom stereocenters. The maximum Gasteiger partial charge on any atom is 0.275 e. The highest BCUT2D eigenvalue weighted by molar-refractivity contribution is 5.94. The highest BCUT2D eigenvalue weighted by atomic mass is 16.6. The Morgan fingerprint density at radius 1 is 1.07 bits per heavy atom. The molecule has 2 aliphatic heterocycles. The summed E-state index contributed by atoms with van der Waals surface area (Å²) in [5, 5.41) is 2.98. The molecule has 2 heterocycles. The first-order valence-electron chi connectivity index (χ1n) is 10.4. The maximum atomic E-state index is 12.4. The zero-order valence-corrected chi connectivity index (χ0v) is 17.2. The molecule has 2 aromatic carbocycles. The van der Waals surface area contributed by atoms with E-state index in [9.17, 15) is 9.59 Å². The number of piperazine rings is 1. The van der Waals surface area contributed by atoms with E-state index in [1.54, 1.807) is 6.92 Å². The van der Waals surface area contributed by atoms with Gasteiger partial charge in [-0.2, -0.15) is 0 Å². The Labute approximate surface area is 176 Å². The fourth-order valence-corrected chi connectivity index (χ4v) is 3.85. The van der Waals surface area contributed by atoms with Crippen LogP contribution < -0.4 is 24.6 Å². The predicted molar refractivity (Wildman–Crippen MR) is 114 cm³/mol. The summed E-state index contributed by atoms with van der Waals surface area (Å²) in [4.78, 5) is 27.4. The molecule has 1 saturated heterocycles. The molecule has 2 aromatic rings. The van der Waals surface area contributed by atoms with Crippen LogP contribution >= 0.6 is 0 Å². The molecule has 0 radical (unpaired) electrons. The fourth-order valence-electron chi connectivity index (χ4n) is 3.85. The van der Waals surface area contributed by atoms with Gasteiger partial charge in [0.05, 0.1) is 32.7 Å². The number of amides is 1. The van der Waals surface area contributed by atoms with Crippen molar-refractivity contribution in [3.05, 3.63) is 54.1 Å². The summed E-state index contributed by atoms with van der Waals surface area (Å²) in [7, 11) is 0. The van der Waals surface area contributed by atoms with Gasteiger partial charge in [-0.15, -0.1) is 0 Å². The van der Waals surface area contributed by atoms with Gasteiger partial charge in [-0.25, -0.2) is 0 Å². The van der Waals surface area contributed by atoms with Crippen LogP contribution in [-0.4, -0.2) is 63.7 Å². The molecule has 0 spiro atoms. The van der Waals surface area contributed by atoms with Crippen LogP contribution in [0.25, 0.3) is 0 Å². The number of quaternary nitrogens is 1. The number of benzene rings is 2. The molecule has 1 fully saturated rings. The van der Waals surface area contributed by atoms with Crippen LogP contribution in [0.4, 0.5) is 5.69 Å². The van der Waals surface area contributed by atoms with Crippen LogP contribution in [0, 0.1) is 0 Å². The van der Waals surface area contributed by atoms with E-state index in [0.29, 0.717) is 19.7 Å². The molecule has 0 aromatic heterocycles. The zero-order chi connectivity index (χ0) is 20.9. The molecular formula is C23H28N3O4+. The number of hydrogen-bond acceptors (Lipinski definition) is 5. The third-order valence-corrected chi connectivity index (χ3v) is 5.61. The van der Waals surface area contributed by atoms with E-state index in [1.165, 1.54) is 4.90 Å². The molecular weight excluding hydrogens is 382 g/mol. The van der Waals surface area contributed by atoms with Crippen molar-refractivity contribution in [3.63, 3.8) is 0 Å². The predicted octanol–water partition coefficient (Wildman–Crippen LogP) is 0.550. The van der Waals surface area contributed by atoms with E-state index in [1.807, 2.05) is 48.5 Å². The summed E-state index contributed by atoms with van der Waals surface area (Å²) >= 11 is 0. The minimum absolute atomic E-state index is 0.0340. The Balaban J connectivity index is 1.19. The van der Waals surface area contributed by atoms with Gasteiger partial charge in [-0.3, -0.25) is 9.59 Å². The second-order valence-electron chi connectivity index (χ2n) is 7.82. The van der Waals surface area contributed by atoms with Gasteiger partial charge in [-0.1, -0.05) is 12.1 Å². The van der Waals surface area contributed by atoms with Gasteiger partial charge in [0.15, 0.2) is 23.8 Å². The van der Waals surface area contributed by atoms with Crippen molar-refractivity contribution >= 4 is 17.4 Å². The Morgan fingerprint density at radius 3 is 2.47 bits per heavy atom. The van der Waals surface area contributed by atoms with Crippen molar-refractivity contribution in [1.29, 1.82) is 0 Å². The highest BCUT2D eigenvalue weighted by Crippen LogP contribution is 2.30. The molecule has 30 heavy (non-hydrogen) atoms. The van der Waals surface area contributed by atoms with Crippen LogP contribution in [0.15, 0.2) is 48.5 Å². The Kier molecular flexibility index (Phi) is 6.18. The number of ketones is 1. The van der Waals surface area contributed by atoms with Gasteiger partial charge in [0.1, 0.15) is 12.7 Å². The number of nitrogens with zero attached hydrogens (tertiary/aromatic N) is 1. The van der Waals surface area contributed by atoms with Gasteiger partial charge in [0.25, 0.3) is 5.91 Å². The smallest absolute Gasteiger partial charge is 0.275 e. The topological polar surface area (TPSA) is 72.3 Å². The van der Waals surface area contributed by atoms with E-state index in [0.717, 1.165) is 48.9 Å². The average molecular weight is 410 g/mol. The number of carbonyl (C=O) groups excluding carboxylic acids is 2. The van der Waals surface area contributed by atoms with Gasteiger partial charge in [-0.05, 0) is 43.3 Å². The minimum Gasteiger partial charge on any atom is -0.486 e. The lowest BCUT2D eigenvalue weighted by atomic mass is 10.1. The van der Waals surface area contributed by atoms with E-state index < -0.39 is 0 Å². The van der Waals surface area contributed by atoms with Crippen LogP contribution in [0.1, 0.15) is 17.3 Å². The number of rotatable bonds is 6. The third kappa shape index (κ3) is 4.91. The molecule has 0 saturated carbocycles. The lowest BCUT2D eigenvalue weighted by molar-refractivity contribution is -0.892. The number of nitrogens with one attached hydrogen (secondary N) is 2. The van der Waals surface area contributed by atoms with Crippen LogP contribution in [0.3, 0.4) is 0 Å². The van der Waals surface area contributed by atoms with Gasteiger partial charge in [0.2, 0.25) is 0 Å². The lowest BCUT2D eigenvalue weighted by Gasteiger charge is -2.33. The standard InChI is InChI=1S/C23H27N3O4/c1-17(27)18-6-8-19(9-7-18)26-12-10-25(11-13-26)15-23(28)24-14-20-16-29-21-4-2-3-5-22(21)30-20/h2-9,20H,10-16H2,1H3,(H,24,28)/p+1/t20-/m0/s1. The summed E-state index contributed by atoms with van der Waals surface area (Å²) in [6, 6.07) is 15.3. The first kappa shape index (κ1) is 20.2. The molecule has 158 valence electrons. The summed E-state index contributed by atoms with van der Waals surface area (Å²) in [6.45, 7) is 6.49. The van der Waals surface area contributed by atoms with E-state index >= 15 is 0 Å². The first-order valence-corrected chi connectivity index (χ1v) is 10.4. The van der Waals surface area contributed by atoms with Crippen LogP contribution in [0.2, 0.25) is 0 Å². The van der Waals surface area contributed by atoms with Crippen molar-refractivity contribution in [2.45, 2.75) is 13.0 Å². The number of fused-ring (bicyclic) bond motifs is 1. The van der Waals surface area contributed by atoms with E-state index in [4.69, 9.17) is 9.47 Å². The third-order valence-electron chi connectivity index (χ3n) is 5.61. The number of hydrogen-bond donors (Lipinski definition) is 2. The van der Waals surface area contributed by atoms with Crippen molar-refractivity contribution in [1.82, 2.24) is 5.32 Å². The number of para-hydroxylation sites is 2. The molecule has 7 heteroatoms. The summed E-state index contributed by atoms with van der Waals surface area (Å²) < 4.78 is 11.6. The van der Waals surface area contributed by atoms with Crippen LogP contribution in [-0.2, 0) is 4.79 Å². The zero-order valence-electron chi connectivity index (χ0n) is 17.2. The van der Waals surface area contributed by atoms with Gasteiger partial charge >= 0.3 is 0 Å². The van der Waals surface area contributed by atoms with Crippen molar-refractivity contribution in [3.8, 4) is 11.5 Å². The number of anilines is 1. The summed E-state index contributed by atoms with van der Waals surface area (Å²) in [5.41, 5.74) is 1.86. The summed E-state index contributed by atoms with van der Waals surface area (Å²) in [6.07, 6.45) is -0.173. The molecule has 0 aliphatic carbocycles. The molecule has 2 aliphatic rings. The molecule has 2 N–H and O–H groups in total. The van der Waals surface area contributed by atoms with Crippen molar-refractivity contribution < 1.29 is 24.0 Å². The number of Topliss-reactive ketones (excluding diaryl/α,β-unsaturated/α-hetero) is 1. The second-order valence-corrected chi connectivity index (χ2v) is 7.82. The Morgan fingerprint density at radius 2 is 1.77 bits per heavy atom. The van der Waals surface area contributed by atoms with E-state index in [2.05, 4.69) is 10.2 Å². The Hall–Kier alpha value is -3.06. The molecule has 0 bridgehead atoms. The average Bonchev–Trinajstić information content (AvgIpc) is 2.78. The quantitative estimate of drug-likeness (QED) is 0.681. The lowest BCUT2D eigenvalue weighted by Crippen LogP contribution is -3.16.